The van der Waals surface area contributed by atoms with Crippen molar-refractivity contribution in [2.75, 3.05) is 12.4 Å². The molecule has 5 heteroatoms. The summed E-state index contributed by atoms with van der Waals surface area (Å²) >= 11 is 1.44. The summed E-state index contributed by atoms with van der Waals surface area (Å²) < 4.78 is 18.6. The fourth-order valence-electron chi connectivity index (χ4n) is 1.90. The molecule has 1 aromatic carbocycles. The lowest BCUT2D eigenvalue weighted by molar-refractivity contribution is -0.145. The third kappa shape index (κ3) is 4.80. The average molecular weight is 297 g/mol. The van der Waals surface area contributed by atoms with Crippen LogP contribution in [0, 0.1) is 5.82 Å². The van der Waals surface area contributed by atoms with Crippen molar-refractivity contribution in [3.8, 4) is 0 Å². The number of esters is 1. The molecule has 0 bridgehead atoms. The number of nitrogens with one attached hydrogen (secondary N) is 1. The molecule has 1 atom stereocenters. The number of rotatable bonds is 8. The van der Waals surface area contributed by atoms with E-state index in [-0.39, 0.29) is 17.8 Å². The maximum atomic E-state index is 13.5. The number of halogens is 1. The molecule has 1 saturated carbocycles. The summed E-state index contributed by atoms with van der Waals surface area (Å²) in [5.74, 6) is 0.276. The van der Waals surface area contributed by atoms with Crippen LogP contribution < -0.4 is 5.32 Å². The third-order valence-electron chi connectivity index (χ3n) is 3.09. The first-order chi connectivity index (χ1) is 9.70. The summed E-state index contributed by atoms with van der Waals surface area (Å²) in [6.07, 6.45) is 2.89. The van der Waals surface area contributed by atoms with Crippen molar-refractivity contribution >= 4 is 17.7 Å². The molecule has 1 unspecified atom stereocenters. The van der Waals surface area contributed by atoms with Crippen LogP contribution in [0.15, 0.2) is 29.2 Å². The third-order valence-corrected chi connectivity index (χ3v) is 4.17. The average Bonchev–Trinajstić information content (AvgIpc) is 3.24. The highest BCUT2D eigenvalue weighted by Crippen LogP contribution is 2.24. The minimum Gasteiger partial charge on any atom is -0.465 e. The summed E-state index contributed by atoms with van der Waals surface area (Å²) in [6, 6.07) is 6.87. The van der Waals surface area contributed by atoms with Crippen LogP contribution in [0.5, 0.6) is 0 Å². The fourth-order valence-corrected chi connectivity index (χ4v) is 2.85. The van der Waals surface area contributed by atoms with Crippen LogP contribution in [0.2, 0.25) is 0 Å². The second-order valence-electron chi connectivity index (χ2n) is 4.81. The molecule has 1 aliphatic rings. The van der Waals surface area contributed by atoms with E-state index >= 15 is 0 Å². The highest BCUT2D eigenvalue weighted by molar-refractivity contribution is 7.99. The molecule has 1 aliphatic carbocycles. The number of carbonyl (C=O) groups is 1. The summed E-state index contributed by atoms with van der Waals surface area (Å²) in [5.41, 5.74) is 0. The number of benzene rings is 1. The van der Waals surface area contributed by atoms with E-state index in [0.29, 0.717) is 29.7 Å². The molecule has 1 N–H and O–H groups in total. The summed E-state index contributed by atoms with van der Waals surface area (Å²) in [6.45, 7) is 2.20. The van der Waals surface area contributed by atoms with Crippen LogP contribution in [-0.4, -0.2) is 30.4 Å². The van der Waals surface area contributed by atoms with Crippen molar-refractivity contribution < 1.29 is 13.9 Å². The molecule has 0 saturated heterocycles. The van der Waals surface area contributed by atoms with Gasteiger partial charge in [0, 0.05) is 16.7 Å². The van der Waals surface area contributed by atoms with Crippen molar-refractivity contribution in [2.24, 2.45) is 0 Å². The van der Waals surface area contributed by atoms with E-state index in [2.05, 4.69) is 5.32 Å². The molecule has 1 aromatic rings. The van der Waals surface area contributed by atoms with Gasteiger partial charge in [-0.1, -0.05) is 12.1 Å². The zero-order valence-electron chi connectivity index (χ0n) is 11.6. The molecule has 0 aliphatic heterocycles. The smallest absolute Gasteiger partial charge is 0.323 e. The first kappa shape index (κ1) is 15.3. The van der Waals surface area contributed by atoms with E-state index in [1.165, 1.54) is 17.8 Å². The van der Waals surface area contributed by atoms with E-state index in [9.17, 15) is 9.18 Å². The van der Waals surface area contributed by atoms with Crippen LogP contribution in [0.3, 0.4) is 0 Å². The monoisotopic (exact) mass is 297 g/mol. The van der Waals surface area contributed by atoms with Crippen LogP contribution in [0.25, 0.3) is 0 Å². The second kappa shape index (κ2) is 7.64. The Morgan fingerprint density at radius 3 is 2.90 bits per heavy atom. The van der Waals surface area contributed by atoms with E-state index < -0.39 is 0 Å². The van der Waals surface area contributed by atoms with E-state index in [4.69, 9.17) is 4.74 Å². The standard InChI is InChI=1S/C15H20FNO2S/c1-2-19-15(18)13(17-11-7-8-11)9-10-20-14-6-4-3-5-12(14)16/h3-6,11,13,17H,2,7-10H2,1H3. The van der Waals surface area contributed by atoms with Crippen molar-refractivity contribution in [3.63, 3.8) is 0 Å². The second-order valence-corrected chi connectivity index (χ2v) is 5.95. The zero-order valence-corrected chi connectivity index (χ0v) is 12.4. The minimum atomic E-state index is -0.276. The van der Waals surface area contributed by atoms with Gasteiger partial charge in [0.2, 0.25) is 0 Å². The van der Waals surface area contributed by atoms with E-state index in [1.807, 2.05) is 6.07 Å². The van der Waals surface area contributed by atoms with Gasteiger partial charge in [0.05, 0.1) is 6.61 Å². The van der Waals surface area contributed by atoms with Gasteiger partial charge in [-0.25, -0.2) is 4.39 Å². The van der Waals surface area contributed by atoms with Crippen LogP contribution in [0.1, 0.15) is 26.2 Å². The lowest BCUT2D eigenvalue weighted by Crippen LogP contribution is -2.39. The number of hydrogen-bond acceptors (Lipinski definition) is 4. The summed E-state index contributed by atoms with van der Waals surface area (Å²) in [7, 11) is 0. The highest BCUT2D eigenvalue weighted by Gasteiger charge is 2.28. The summed E-state index contributed by atoms with van der Waals surface area (Å²) in [5, 5.41) is 3.29. The van der Waals surface area contributed by atoms with Crippen molar-refractivity contribution in [3.05, 3.63) is 30.1 Å². The predicted octanol–water partition coefficient (Wildman–Crippen LogP) is 2.99. The zero-order chi connectivity index (χ0) is 14.4. The van der Waals surface area contributed by atoms with Gasteiger partial charge in [0.25, 0.3) is 0 Å². The molecule has 0 amide bonds. The molecule has 110 valence electrons. The van der Waals surface area contributed by atoms with Crippen LogP contribution in [0.4, 0.5) is 4.39 Å². The van der Waals surface area contributed by atoms with Gasteiger partial charge >= 0.3 is 5.97 Å². The Morgan fingerprint density at radius 1 is 1.50 bits per heavy atom. The van der Waals surface area contributed by atoms with Crippen LogP contribution >= 0.6 is 11.8 Å². The molecular formula is C15H20FNO2S. The Hall–Kier alpha value is -1.07. The number of thioether (sulfide) groups is 1. The Kier molecular flexibility index (Phi) is 5.86. The summed E-state index contributed by atoms with van der Waals surface area (Å²) in [4.78, 5) is 12.5. The van der Waals surface area contributed by atoms with Gasteiger partial charge in [0.1, 0.15) is 11.9 Å². The SMILES string of the molecule is CCOC(=O)C(CCSc1ccccc1F)NC1CC1. The lowest BCUT2D eigenvalue weighted by atomic mass is 10.2. The van der Waals surface area contributed by atoms with Gasteiger partial charge in [-0.15, -0.1) is 11.8 Å². The molecule has 20 heavy (non-hydrogen) atoms. The normalized spacial score (nSPS) is 15.9. The van der Waals surface area contributed by atoms with Crippen molar-refractivity contribution in [1.29, 1.82) is 0 Å². The Morgan fingerprint density at radius 2 is 2.25 bits per heavy atom. The molecule has 1 fully saturated rings. The van der Waals surface area contributed by atoms with Gasteiger partial charge in [-0.3, -0.25) is 4.79 Å². The Labute approximate surface area is 123 Å². The minimum absolute atomic E-state index is 0.200. The molecule has 0 spiro atoms. The lowest BCUT2D eigenvalue weighted by Gasteiger charge is -2.16. The molecule has 3 nitrogen and oxygen atoms in total. The largest absolute Gasteiger partial charge is 0.465 e. The van der Waals surface area contributed by atoms with Gasteiger partial charge in [-0.2, -0.15) is 0 Å². The maximum absolute atomic E-state index is 13.5. The number of hydrogen-bond donors (Lipinski definition) is 1. The first-order valence-electron chi connectivity index (χ1n) is 7.00. The van der Waals surface area contributed by atoms with E-state index in [0.717, 1.165) is 12.8 Å². The number of ether oxygens (including phenoxy) is 1. The topological polar surface area (TPSA) is 38.3 Å². The van der Waals surface area contributed by atoms with Gasteiger partial charge in [-0.05, 0) is 38.3 Å². The van der Waals surface area contributed by atoms with Crippen LogP contribution in [-0.2, 0) is 9.53 Å². The molecule has 2 rings (SSSR count). The molecular weight excluding hydrogens is 277 g/mol. The van der Waals surface area contributed by atoms with Gasteiger partial charge < -0.3 is 10.1 Å². The van der Waals surface area contributed by atoms with Crippen molar-refractivity contribution in [1.82, 2.24) is 5.32 Å². The molecule has 0 aromatic heterocycles. The first-order valence-corrected chi connectivity index (χ1v) is 7.99. The maximum Gasteiger partial charge on any atom is 0.323 e. The quantitative estimate of drug-likeness (QED) is 0.591. The predicted molar refractivity (Wildman–Crippen MR) is 78.3 cm³/mol. The number of carbonyl (C=O) groups excluding carboxylic acids is 1. The Balaban J connectivity index is 1.81. The van der Waals surface area contributed by atoms with Crippen molar-refractivity contribution in [2.45, 2.75) is 43.2 Å². The highest BCUT2D eigenvalue weighted by atomic mass is 32.2. The molecule has 0 radical (unpaired) electrons. The fraction of sp³-hybridized carbons (Fsp3) is 0.533. The van der Waals surface area contributed by atoms with Gasteiger partial charge in [0.15, 0.2) is 0 Å². The Bertz CT molecular complexity index is 451. The van der Waals surface area contributed by atoms with E-state index in [1.54, 1.807) is 19.1 Å². The molecule has 0 heterocycles.